The maximum absolute atomic E-state index is 12.0. The lowest BCUT2D eigenvalue weighted by atomic mass is 10.1. The molecule has 2 amide bonds. The number of nitrogens with zero attached hydrogens (tertiary/aromatic N) is 1. The van der Waals surface area contributed by atoms with Crippen LogP contribution in [0.4, 0.5) is 4.79 Å². The van der Waals surface area contributed by atoms with Gasteiger partial charge in [-0.2, -0.15) is 0 Å². The van der Waals surface area contributed by atoms with Gasteiger partial charge in [0, 0.05) is 29.0 Å². The molecule has 5 nitrogen and oxygen atoms in total. The van der Waals surface area contributed by atoms with Crippen molar-refractivity contribution in [3.05, 3.63) is 53.1 Å². The van der Waals surface area contributed by atoms with E-state index in [9.17, 15) is 4.79 Å². The summed E-state index contributed by atoms with van der Waals surface area (Å²) in [6.45, 7) is 2.55. The van der Waals surface area contributed by atoms with E-state index in [0.29, 0.717) is 6.54 Å². The minimum atomic E-state index is -0.197. The van der Waals surface area contributed by atoms with Crippen LogP contribution in [0.3, 0.4) is 0 Å². The summed E-state index contributed by atoms with van der Waals surface area (Å²) in [4.78, 5) is 17.7. The van der Waals surface area contributed by atoms with Gasteiger partial charge in [-0.05, 0) is 13.3 Å². The Labute approximate surface area is 145 Å². The Bertz CT molecular complexity index is 727. The predicted octanol–water partition coefficient (Wildman–Crippen LogP) is 2.85. The number of urea groups is 1. The zero-order chi connectivity index (χ0) is 16.9. The molecule has 1 aromatic carbocycles. The first-order chi connectivity index (χ1) is 11.7. The molecule has 0 saturated carbocycles. The van der Waals surface area contributed by atoms with Gasteiger partial charge in [-0.25, -0.2) is 9.78 Å². The van der Waals surface area contributed by atoms with E-state index in [-0.39, 0.29) is 24.6 Å². The molecule has 0 bridgehead atoms. The Morgan fingerprint density at radius 2 is 2.12 bits per heavy atom. The fourth-order valence-corrected chi connectivity index (χ4v) is 3.70. The molecule has 3 rings (SSSR count). The average Bonchev–Trinajstić information content (AvgIpc) is 3.20. The minimum absolute atomic E-state index is 0.00964. The molecule has 2 aromatic rings. The lowest BCUT2D eigenvalue weighted by molar-refractivity contribution is 0.231. The lowest BCUT2D eigenvalue weighted by Gasteiger charge is -2.13. The maximum atomic E-state index is 12.0. The zero-order valence-corrected chi connectivity index (χ0v) is 14.3. The molecule has 1 aliphatic carbocycles. The molecule has 0 saturated heterocycles. The standard InChI is InChI=1S/C18H21N3O2S/c1-12-16(24-17(20-12)14-5-3-2-4-6-14)10-19-18(23)21-15-8-7-13(9-15)11-22/h2-8,13,15,22H,9-11H2,1H3,(H2,19,21,23)/t13-,15+/m0/s1. The highest BCUT2D eigenvalue weighted by Gasteiger charge is 2.19. The molecule has 1 heterocycles. The first-order valence-electron chi connectivity index (χ1n) is 8.01. The van der Waals surface area contributed by atoms with Crippen molar-refractivity contribution >= 4 is 17.4 Å². The number of carbonyl (C=O) groups excluding carboxylic acids is 1. The van der Waals surface area contributed by atoms with E-state index in [0.717, 1.165) is 27.6 Å². The molecule has 3 N–H and O–H groups in total. The van der Waals surface area contributed by atoms with Crippen LogP contribution in [0, 0.1) is 12.8 Å². The second kappa shape index (κ2) is 7.59. The molecule has 0 fully saturated rings. The van der Waals surface area contributed by atoms with E-state index in [1.165, 1.54) is 0 Å². The van der Waals surface area contributed by atoms with Crippen LogP contribution in [0.2, 0.25) is 0 Å². The molecule has 0 spiro atoms. The number of rotatable bonds is 5. The van der Waals surface area contributed by atoms with Gasteiger partial charge in [0.1, 0.15) is 5.01 Å². The van der Waals surface area contributed by atoms with Gasteiger partial charge in [0.05, 0.1) is 12.2 Å². The van der Waals surface area contributed by atoms with Gasteiger partial charge in [0.25, 0.3) is 0 Å². The fraction of sp³-hybridized carbons (Fsp3) is 0.333. The zero-order valence-electron chi connectivity index (χ0n) is 13.5. The Hall–Kier alpha value is -2.18. The van der Waals surface area contributed by atoms with Crippen molar-refractivity contribution in [3.8, 4) is 10.6 Å². The minimum Gasteiger partial charge on any atom is -0.396 e. The quantitative estimate of drug-likeness (QED) is 0.731. The molecular formula is C18H21N3O2S. The van der Waals surface area contributed by atoms with Crippen LogP contribution >= 0.6 is 11.3 Å². The van der Waals surface area contributed by atoms with Crippen LogP contribution in [0.25, 0.3) is 10.6 Å². The van der Waals surface area contributed by atoms with Crippen molar-refractivity contribution in [2.75, 3.05) is 6.61 Å². The number of carbonyl (C=O) groups is 1. The predicted molar refractivity (Wildman–Crippen MR) is 95.8 cm³/mol. The number of aliphatic hydroxyl groups is 1. The van der Waals surface area contributed by atoms with E-state index < -0.39 is 0 Å². The summed E-state index contributed by atoms with van der Waals surface area (Å²) >= 11 is 1.60. The lowest BCUT2D eigenvalue weighted by Crippen LogP contribution is -2.40. The number of nitrogens with one attached hydrogen (secondary N) is 2. The van der Waals surface area contributed by atoms with Crippen molar-refractivity contribution in [2.45, 2.75) is 25.9 Å². The number of hydrogen-bond acceptors (Lipinski definition) is 4. The average molecular weight is 343 g/mol. The number of thiazole rings is 1. The van der Waals surface area contributed by atoms with E-state index >= 15 is 0 Å². The van der Waals surface area contributed by atoms with Crippen LogP contribution in [0.1, 0.15) is 17.0 Å². The summed E-state index contributed by atoms with van der Waals surface area (Å²) in [6, 6.07) is 9.83. The molecule has 1 aromatic heterocycles. The van der Waals surface area contributed by atoms with Crippen molar-refractivity contribution in [1.82, 2.24) is 15.6 Å². The molecule has 126 valence electrons. The van der Waals surface area contributed by atoms with E-state index in [2.05, 4.69) is 15.6 Å². The third kappa shape index (κ3) is 4.01. The summed E-state index contributed by atoms with van der Waals surface area (Å²) < 4.78 is 0. The third-order valence-corrected chi connectivity index (χ3v) is 5.25. The van der Waals surface area contributed by atoms with Crippen LogP contribution in [0.15, 0.2) is 42.5 Å². The van der Waals surface area contributed by atoms with Gasteiger partial charge in [0.15, 0.2) is 0 Å². The van der Waals surface area contributed by atoms with Gasteiger partial charge in [-0.1, -0.05) is 42.5 Å². The van der Waals surface area contributed by atoms with Crippen molar-refractivity contribution in [1.29, 1.82) is 0 Å². The number of aliphatic hydroxyl groups excluding tert-OH is 1. The van der Waals surface area contributed by atoms with Crippen LogP contribution in [-0.2, 0) is 6.54 Å². The first-order valence-corrected chi connectivity index (χ1v) is 8.82. The molecule has 0 unspecified atom stereocenters. The van der Waals surface area contributed by atoms with Gasteiger partial charge in [0.2, 0.25) is 0 Å². The SMILES string of the molecule is Cc1nc(-c2ccccc2)sc1CNC(=O)N[C@@H]1C=C[C@H](CO)C1. The van der Waals surface area contributed by atoms with E-state index in [1.807, 2.05) is 49.4 Å². The Kier molecular flexibility index (Phi) is 5.27. The van der Waals surface area contributed by atoms with Gasteiger partial charge in [-0.15, -0.1) is 11.3 Å². The summed E-state index contributed by atoms with van der Waals surface area (Å²) in [5.41, 5.74) is 2.03. The van der Waals surface area contributed by atoms with Gasteiger partial charge >= 0.3 is 6.03 Å². The first kappa shape index (κ1) is 16.7. The number of amides is 2. The van der Waals surface area contributed by atoms with E-state index in [1.54, 1.807) is 11.3 Å². The Morgan fingerprint density at radius 3 is 2.83 bits per heavy atom. The highest BCUT2D eigenvalue weighted by molar-refractivity contribution is 7.15. The van der Waals surface area contributed by atoms with Crippen LogP contribution in [-0.4, -0.2) is 28.8 Å². The van der Waals surface area contributed by atoms with Crippen molar-refractivity contribution in [2.24, 2.45) is 5.92 Å². The third-order valence-electron chi connectivity index (χ3n) is 4.05. The second-order valence-corrected chi connectivity index (χ2v) is 6.97. The highest BCUT2D eigenvalue weighted by atomic mass is 32.1. The molecule has 0 radical (unpaired) electrons. The second-order valence-electron chi connectivity index (χ2n) is 5.89. The normalized spacial score (nSPS) is 19.4. The molecule has 6 heteroatoms. The molecule has 2 atom stereocenters. The summed E-state index contributed by atoms with van der Waals surface area (Å²) in [5.74, 6) is 0.146. The summed E-state index contributed by atoms with van der Waals surface area (Å²) in [6.07, 6.45) is 4.64. The van der Waals surface area contributed by atoms with E-state index in [4.69, 9.17) is 5.11 Å². The number of aryl methyl sites for hydroxylation is 1. The fourth-order valence-electron chi connectivity index (χ4n) is 2.69. The molecule has 1 aliphatic rings. The topological polar surface area (TPSA) is 74.2 Å². The largest absolute Gasteiger partial charge is 0.396 e. The van der Waals surface area contributed by atoms with Gasteiger partial charge in [-0.3, -0.25) is 0 Å². The van der Waals surface area contributed by atoms with Crippen molar-refractivity contribution in [3.63, 3.8) is 0 Å². The summed E-state index contributed by atoms with van der Waals surface area (Å²) in [7, 11) is 0. The molecule has 0 aliphatic heterocycles. The number of benzene rings is 1. The number of hydrogen-bond donors (Lipinski definition) is 3. The molecular weight excluding hydrogens is 322 g/mol. The van der Waals surface area contributed by atoms with Crippen LogP contribution < -0.4 is 10.6 Å². The number of aromatic nitrogens is 1. The summed E-state index contributed by atoms with van der Waals surface area (Å²) in [5, 5.41) is 15.9. The highest BCUT2D eigenvalue weighted by Crippen LogP contribution is 2.27. The molecule has 24 heavy (non-hydrogen) atoms. The van der Waals surface area contributed by atoms with Gasteiger partial charge < -0.3 is 15.7 Å². The van der Waals surface area contributed by atoms with Crippen LogP contribution in [0.5, 0.6) is 0 Å². The Balaban J connectivity index is 1.54. The monoisotopic (exact) mass is 343 g/mol. The maximum Gasteiger partial charge on any atom is 0.315 e. The smallest absolute Gasteiger partial charge is 0.315 e. The van der Waals surface area contributed by atoms with Crippen molar-refractivity contribution < 1.29 is 9.90 Å². The Morgan fingerprint density at radius 1 is 1.33 bits per heavy atom.